The van der Waals surface area contributed by atoms with Gasteiger partial charge in [-0.1, -0.05) is 12.2 Å². The number of carbonyl (C=O) groups is 1. The summed E-state index contributed by atoms with van der Waals surface area (Å²) in [6.45, 7) is 0. The third-order valence-electron chi connectivity index (χ3n) is 2.32. The molecule has 5 nitrogen and oxygen atoms in total. The highest BCUT2D eigenvalue weighted by Gasteiger charge is 2.04. The summed E-state index contributed by atoms with van der Waals surface area (Å²) in [5.41, 5.74) is 13.8. The van der Waals surface area contributed by atoms with Crippen molar-refractivity contribution in [2.24, 2.45) is 5.73 Å². The lowest BCUT2D eigenvalue weighted by Gasteiger charge is -2.03. The molecule has 0 aliphatic carbocycles. The van der Waals surface area contributed by atoms with Crippen molar-refractivity contribution in [1.29, 1.82) is 0 Å². The molecule has 17 heavy (non-hydrogen) atoms. The number of rotatable bonds is 3. The predicted molar refractivity (Wildman–Crippen MR) is 66.8 cm³/mol. The van der Waals surface area contributed by atoms with Gasteiger partial charge in [-0.15, -0.1) is 0 Å². The van der Waals surface area contributed by atoms with Gasteiger partial charge < -0.3 is 11.5 Å². The molecule has 1 aromatic carbocycles. The van der Waals surface area contributed by atoms with Crippen LogP contribution in [0.1, 0.15) is 12.0 Å². The first-order valence-electron chi connectivity index (χ1n) is 5.12. The van der Waals surface area contributed by atoms with Gasteiger partial charge in [-0.25, -0.2) is 0 Å². The minimum absolute atomic E-state index is 0.177. The standard InChI is InChI=1S/C12H12N4O/c13-9-4-5-10-12(16-7-6-15-10)8(9)2-1-3-11(14)17/h1-2,4-7H,3,13H2,(H2,14,17). The van der Waals surface area contributed by atoms with E-state index >= 15 is 0 Å². The molecule has 0 saturated heterocycles. The maximum Gasteiger partial charge on any atom is 0.221 e. The maximum atomic E-state index is 10.6. The van der Waals surface area contributed by atoms with E-state index in [1.165, 1.54) is 0 Å². The van der Waals surface area contributed by atoms with Crippen molar-refractivity contribution in [3.63, 3.8) is 0 Å². The number of amides is 1. The van der Waals surface area contributed by atoms with E-state index in [2.05, 4.69) is 9.97 Å². The van der Waals surface area contributed by atoms with Crippen molar-refractivity contribution in [3.8, 4) is 0 Å². The summed E-state index contributed by atoms with van der Waals surface area (Å²) in [6, 6.07) is 3.57. The van der Waals surface area contributed by atoms with Crippen molar-refractivity contribution in [2.45, 2.75) is 6.42 Å². The molecule has 0 fully saturated rings. The number of hydrogen-bond donors (Lipinski definition) is 2. The SMILES string of the molecule is NC(=O)CC=Cc1c(N)ccc2nccnc12. The molecule has 0 bridgehead atoms. The number of nitrogen functional groups attached to an aromatic ring is 1. The van der Waals surface area contributed by atoms with E-state index in [9.17, 15) is 4.79 Å². The Bertz CT molecular complexity index is 592. The van der Waals surface area contributed by atoms with E-state index < -0.39 is 0 Å². The molecule has 86 valence electrons. The number of primary amides is 1. The number of benzene rings is 1. The summed E-state index contributed by atoms with van der Waals surface area (Å²) < 4.78 is 0. The Kier molecular flexibility index (Phi) is 3.00. The van der Waals surface area contributed by atoms with E-state index in [0.29, 0.717) is 11.2 Å². The molecule has 1 aromatic heterocycles. The van der Waals surface area contributed by atoms with Gasteiger partial charge in [0.05, 0.1) is 11.0 Å². The number of nitrogens with two attached hydrogens (primary N) is 2. The summed E-state index contributed by atoms with van der Waals surface area (Å²) in [7, 11) is 0. The first-order chi connectivity index (χ1) is 8.18. The lowest BCUT2D eigenvalue weighted by Crippen LogP contribution is -2.08. The second-order valence-corrected chi connectivity index (χ2v) is 3.57. The lowest BCUT2D eigenvalue weighted by atomic mass is 10.1. The third kappa shape index (κ3) is 2.39. The van der Waals surface area contributed by atoms with Crippen LogP contribution in [0.3, 0.4) is 0 Å². The normalized spacial score (nSPS) is 11.1. The Hall–Kier alpha value is -2.43. The average Bonchev–Trinajstić information content (AvgIpc) is 2.32. The summed E-state index contributed by atoms with van der Waals surface area (Å²) in [4.78, 5) is 19.1. The molecule has 0 radical (unpaired) electrons. The van der Waals surface area contributed by atoms with Crippen LogP contribution in [0.25, 0.3) is 17.1 Å². The Morgan fingerprint density at radius 3 is 2.82 bits per heavy atom. The molecule has 0 unspecified atom stereocenters. The Morgan fingerprint density at radius 1 is 1.29 bits per heavy atom. The number of nitrogens with zero attached hydrogens (tertiary/aromatic N) is 2. The fourth-order valence-corrected chi connectivity index (χ4v) is 1.54. The Labute approximate surface area is 98.2 Å². The Morgan fingerprint density at radius 2 is 2.06 bits per heavy atom. The molecule has 5 heteroatoms. The number of anilines is 1. The van der Waals surface area contributed by atoms with Gasteiger partial charge in [0.2, 0.25) is 5.91 Å². The molecule has 2 rings (SSSR count). The van der Waals surface area contributed by atoms with Crippen molar-refractivity contribution in [3.05, 3.63) is 36.2 Å². The van der Waals surface area contributed by atoms with Crippen LogP contribution in [0.5, 0.6) is 0 Å². The van der Waals surface area contributed by atoms with Gasteiger partial charge in [0.15, 0.2) is 0 Å². The van der Waals surface area contributed by atoms with Gasteiger partial charge in [0.25, 0.3) is 0 Å². The first kappa shape index (κ1) is 11.1. The van der Waals surface area contributed by atoms with E-state index in [-0.39, 0.29) is 12.3 Å². The van der Waals surface area contributed by atoms with E-state index in [1.54, 1.807) is 30.6 Å². The zero-order valence-electron chi connectivity index (χ0n) is 9.13. The number of fused-ring (bicyclic) bond motifs is 1. The van der Waals surface area contributed by atoms with Crippen LogP contribution in [0.4, 0.5) is 5.69 Å². The van der Waals surface area contributed by atoms with Gasteiger partial charge in [0.1, 0.15) is 0 Å². The van der Waals surface area contributed by atoms with Crippen molar-refractivity contribution < 1.29 is 4.79 Å². The molecule has 2 aromatic rings. The molecule has 0 spiro atoms. The second-order valence-electron chi connectivity index (χ2n) is 3.57. The summed E-state index contributed by atoms with van der Waals surface area (Å²) in [6.07, 6.45) is 6.82. The molecular formula is C12H12N4O. The zero-order chi connectivity index (χ0) is 12.3. The topological polar surface area (TPSA) is 94.9 Å². The minimum Gasteiger partial charge on any atom is -0.398 e. The van der Waals surface area contributed by atoms with Gasteiger partial charge in [-0.05, 0) is 12.1 Å². The fraction of sp³-hybridized carbons (Fsp3) is 0.0833. The van der Waals surface area contributed by atoms with Gasteiger partial charge >= 0.3 is 0 Å². The van der Waals surface area contributed by atoms with Crippen LogP contribution in [-0.2, 0) is 4.79 Å². The molecule has 0 atom stereocenters. The summed E-state index contributed by atoms with van der Waals surface area (Å²) in [5.74, 6) is -0.383. The van der Waals surface area contributed by atoms with Crippen LogP contribution in [0, 0.1) is 0 Å². The highest BCUT2D eigenvalue weighted by molar-refractivity contribution is 5.90. The molecule has 0 aliphatic heterocycles. The van der Waals surface area contributed by atoms with E-state index in [4.69, 9.17) is 11.5 Å². The van der Waals surface area contributed by atoms with Crippen molar-refractivity contribution in [1.82, 2.24) is 9.97 Å². The predicted octanol–water partition coefficient (Wildman–Crippen LogP) is 1.10. The van der Waals surface area contributed by atoms with E-state index in [1.807, 2.05) is 6.07 Å². The largest absolute Gasteiger partial charge is 0.398 e. The van der Waals surface area contributed by atoms with Crippen LogP contribution in [0.2, 0.25) is 0 Å². The zero-order valence-corrected chi connectivity index (χ0v) is 9.13. The van der Waals surface area contributed by atoms with Crippen molar-refractivity contribution >= 4 is 28.7 Å². The molecular weight excluding hydrogens is 216 g/mol. The molecule has 4 N–H and O–H groups in total. The van der Waals surface area contributed by atoms with Crippen LogP contribution >= 0.6 is 0 Å². The minimum atomic E-state index is -0.383. The second kappa shape index (κ2) is 4.61. The number of hydrogen-bond acceptors (Lipinski definition) is 4. The van der Waals surface area contributed by atoms with E-state index in [0.717, 1.165) is 11.1 Å². The fourth-order valence-electron chi connectivity index (χ4n) is 1.54. The number of carbonyl (C=O) groups excluding carboxylic acids is 1. The first-order valence-corrected chi connectivity index (χ1v) is 5.12. The van der Waals surface area contributed by atoms with Crippen LogP contribution in [-0.4, -0.2) is 15.9 Å². The number of aromatic nitrogens is 2. The average molecular weight is 228 g/mol. The monoisotopic (exact) mass is 228 g/mol. The summed E-state index contributed by atoms with van der Waals surface area (Å²) in [5, 5.41) is 0. The highest BCUT2D eigenvalue weighted by Crippen LogP contribution is 2.22. The van der Waals surface area contributed by atoms with Crippen LogP contribution in [0.15, 0.2) is 30.6 Å². The summed E-state index contributed by atoms with van der Waals surface area (Å²) >= 11 is 0. The van der Waals surface area contributed by atoms with Gasteiger partial charge in [-0.3, -0.25) is 14.8 Å². The molecule has 0 aliphatic rings. The smallest absolute Gasteiger partial charge is 0.221 e. The molecule has 0 saturated carbocycles. The quantitative estimate of drug-likeness (QED) is 0.769. The highest BCUT2D eigenvalue weighted by atomic mass is 16.1. The van der Waals surface area contributed by atoms with Gasteiger partial charge in [-0.2, -0.15) is 0 Å². The Balaban J connectivity index is 2.47. The lowest BCUT2D eigenvalue weighted by molar-refractivity contribution is -0.117. The third-order valence-corrected chi connectivity index (χ3v) is 2.32. The molecule has 1 heterocycles. The molecule has 1 amide bonds. The van der Waals surface area contributed by atoms with Crippen LogP contribution < -0.4 is 11.5 Å². The maximum absolute atomic E-state index is 10.6. The van der Waals surface area contributed by atoms with Crippen molar-refractivity contribution in [2.75, 3.05) is 5.73 Å². The van der Waals surface area contributed by atoms with Gasteiger partial charge in [0, 0.05) is 30.1 Å².